The molecule has 0 amide bonds. The van der Waals surface area contributed by atoms with Crippen LogP contribution in [0.3, 0.4) is 0 Å². The molecule has 6 heavy (non-hydrogen) atoms. The van der Waals surface area contributed by atoms with Gasteiger partial charge in [-0.05, 0) is 0 Å². The Hall–Kier alpha value is 2.32. The van der Waals surface area contributed by atoms with E-state index in [1.807, 2.05) is 0 Å². The Balaban J connectivity index is -0.0000000150. The van der Waals surface area contributed by atoms with Crippen molar-refractivity contribution in [1.29, 1.82) is 0 Å². The van der Waals surface area contributed by atoms with E-state index in [0.29, 0.717) is 0 Å². The van der Waals surface area contributed by atoms with Crippen molar-refractivity contribution in [2.45, 2.75) is 0 Å². The molecular weight excluding hydrogens is 216 g/mol. The Labute approximate surface area is 118 Å². The monoisotopic (exact) mass is 220 g/mol. The molecule has 0 heterocycles. The molecule has 5 heteroatoms. The second-order valence-electron chi connectivity index (χ2n) is 0.266. The summed E-state index contributed by atoms with van der Waals surface area (Å²) in [7, 11) is 0. The zero-order valence-electron chi connectivity index (χ0n) is 2.76. The van der Waals surface area contributed by atoms with Crippen molar-refractivity contribution >= 4 is 35.7 Å². The summed E-state index contributed by atoms with van der Waals surface area (Å²) in [5, 5.41) is 15.3. The average Bonchev–Trinajstić information content (AvgIpc) is 0.811. The van der Waals surface area contributed by atoms with Crippen molar-refractivity contribution in [2.24, 2.45) is 0 Å². The van der Waals surface area contributed by atoms with Gasteiger partial charge in [-0.25, -0.2) is 0 Å². The second-order valence-corrected chi connectivity index (χ2v) is 0.266. The first kappa shape index (κ1) is 15.8. The third-order valence-corrected chi connectivity index (χ3v) is 0. The first-order chi connectivity index (χ1) is 1.73. The van der Waals surface area contributed by atoms with Crippen LogP contribution in [0.1, 0.15) is 1.43 Å². The van der Waals surface area contributed by atoms with E-state index in [-0.39, 0.29) is 99.9 Å². The molecule has 0 aliphatic carbocycles. The minimum absolute atomic E-state index is 0. The Morgan fingerprint density at radius 1 is 1.83 bits per heavy atom. The van der Waals surface area contributed by atoms with Crippen LogP contribution >= 0.6 is 0 Å². The van der Waals surface area contributed by atoms with Gasteiger partial charge >= 0.3 is 98.5 Å². The predicted molar refractivity (Wildman–Crippen MR) is 17.3 cm³/mol. The fraction of sp³-hybridized carbons (Fsp3) is 0. The first-order valence-electron chi connectivity index (χ1n) is 0.632. The fourth-order valence-electron chi connectivity index (χ4n) is 0. The Morgan fingerprint density at radius 2 is 1.83 bits per heavy atom. The molecule has 0 bridgehead atoms. The molecule has 0 rings (SSSR count). The molecule has 0 spiro atoms. The van der Waals surface area contributed by atoms with Crippen LogP contribution in [0.15, 0.2) is 0 Å². The van der Waals surface area contributed by atoms with Gasteiger partial charge in [0.1, 0.15) is 0 Å². The van der Waals surface area contributed by atoms with Gasteiger partial charge in [0, 0.05) is 1.43 Å². The summed E-state index contributed by atoms with van der Waals surface area (Å²) >= 11 is 0. The van der Waals surface area contributed by atoms with Crippen molar-refractivity contribution in [1.82, 2.24) is 0 Å². The quantitative estimate of drug-likeness (QED) is 0.418. The van der Waals surface area contributed by atoms with Gasteiger partial charge in [-0.15, -0.1) is 0 Å². The third-order valence-electron chi connectivity index (χ3n) is 0. The summed E-state index contributed by atoms with van der Waals surface area (Å²) in [5.41, 5.74) is 0. The molecule has 0 fully saturated rings. The number of carbonyl (C=O) groups is 1. The van der Waals surface area contributed by atoms with Gasteiger partial charge in [0.15, 0.2) is 0 Å². The van der Waals surface area contributed by atoms with Crippen molar-refractivity contribution in [3.8, 4) is 0 Å². The number of hydrogen-bond donors (Lipinski definition) is 1. The van der Waals surface area contributed by atoms with E-state index in [1.165, 1.54) is 0 Å². The van der Waals surface area contributed by atoms with Gasteiger partial charge in [-0.1, -0.05) is 0 Å². The second kappa shape index (κ2) is 10.3. The van der Waals surface area contributed by atoms with E-state index in [9.17, 15) is 0 Å². The molecular formula is CH4CsNaO3. The maximum absolute atomic E-state index is 8.44. The third kappa shape index (κ3) is 33.2. The molecule has 0 saturated carbocycles. The van der Waals surface area contributed by atoms with Gasteiger partial charge in [0.25, 0.3) is 0 Å². The van der Waals surface area contributed by atoms with Crippen LogP contribution in [-0.2, 0) is 0 Å². The zero-order chi connectivity index (χ0) is 3.58. The molecule has 0 aliphatic rings. The standard InChI is InChI=1S/CH2O3.Cs.Na.H2.H/c2-1(3)4;;;;/h(H2,2,3,4);;;1H;/q;+1;;;/p-1. The van der Waals surface area contributed by atoms with Crippen molar-refractivity contribution in [3.05, 3.63) is 0 Å². The first-order valence-corrected chi connectivity index (χ1v) is 0.632. The number of hydrogen-bond acceptors (Lipinski definition) is 2. The molecule has 0 unspecified atom stereocenters. The topological polar surface area (TPSA) is 60.4 Å². The molecule has 1 N–H and O–H groups in total. The molecule has 0 saturated heterocycles. The zero-order valence-corrected chi connectivity index (χ0v) is 9.04. The Morgan fingerprint density at radius 3 is 1.83 bits per heavy atom. The van der Waals surface area contributed by atoms with Crippen LogP contribution in [0, 0.1) is 0 Å². The molecule has 28 valence electrons. The van der Waals surface area contributed by atoms with Crippen LogP contribution in [0.4, 0.5) is 4.79 Å². The molecule has 0 aromatic carbocycles. The van der Waals surface area contributed by atoms with Crippen molar-refractivity contribution in [2.75, 3.05) is 0 Å². The molecule has 0 radical (unpaired) electrons. The Bertz CT molecular complexity index is 37.9. The normalized spacial score (nSPS) is 4.00. The summed E-state index contributed by atoms with van der Waals surface area (Å²) in [4.78, 5) is 8.44. The van der Waals surface area contributed by atoms with E-state index in [1.54, 1.807) is 0 Å². The van der Waals surface area contributed by atoms with Crippen molar-refractivity contribution in [3.63, 3.8) is 0 Å². The van der Waals surface area contributed by atoms with Gasteiger partial charge in [-0.2, -0.15) is 0 Å². The van der Waals surface area contributed by atoms with Gasteiger partial charge in [-0.3, -0.25) is 0 Å². The number of rotatable bonds is 0. The summed E-state index contributed by atoms with van der Waals surface area (Å²) in [6, 6.07) is 0. The van der Waals surface area contributed by atoms with Crippen LogP contribution in [0.5, 0.6) is 0 Å². The molecule has 0 aromatic rings. The fourth-order valence-corrected chi connectivity index (χ4v) is 0. The van der Waals surface area contributed by atoms with Gasteiger partial charge in [0.2, 0.25) is 6.16 Å². The van der Waals surface area contributed by atoms with E-state index in [2.05, 4.69) is 0 Å². The van der Waals surface area contributed by atoms with Crippen molar-refractivity contribution < 1.29 is 85.3 Å². The minimum atomic E-state index is -2.08. The number of carboxylic acid groups (broad SMARTS) is 2. The summed E-state index contributed by atoms with van der Waals surface area (Å²) in [5.74, 6) is 0. The summed E-state index contributed by atoms with van der Waals surface area (Å²) < 4.78 is 0. The van der Waals surface area contributed by atoms with Crippen LogP contribution < -0.4 is 74.0 Å². The SMILES string of the molecule is O=C([O-])O.[Cs+].[HH].[NaH]. The van der Waals surface area contributed by atoms with E-state index in [0.717, 1.165) is 0 Å². The van der Waals surface area contributed by atoms with E-state index >= 15 is 0 Å². The van der Waals surface area contributed by atoms with Gasteiger partial charge in [0.05, 0.1) is 0 Å². The van der Waals surface area contributed by atoms with E-state index < -0.39 is 6.16 Å². The summed E-state index contributed by atoms with van der Waals surface area (Å²) in [6.45, 7) is 0. The van der Waals surface area contributed by atoms with Crippen LogP contribution in [-0.4, -0.2) is 40.8 Å². The molecule has 0 aromatic heterocycles. The average molecular weight is 220 g/mol. The van der Waals surface area contributed by atoms with Crippen LogP contribution in [0.2, 0.25) is 0 Å². The predicted octanol–water partition coefficient (Wildman–Crippen LogP) is -4.51. The Kier molecular flexibility index (Phi) is 27.1. The summed E-state index contributed by atoms with van der Waals surface area (Å²) in [6.07, 6.45) is -2.08. The van der Waals surface area contributed by atoms with Crippen LogP contribution in [0.25, 0.3) is 0 Å². The molecule has 3 nitrogen and oxygen atoms in total. The molecule has 0 atom stereocenters. The van der Waals surface area contributed by atoms with E-state index in [4.69, 9.17) is 15.0 Å². The maximum atomic E-state index is 8.44. The van der Waals surface area contributed by atoms with Gasteiger partial charge < -0.3 is 15.0 Å². The molecule has 0 aliphatic heterocycles.